The van der Waals surface area contributed by atoms with Crippen LogP contribution in [0.1, 0.15) is 41.8 Å². The second-order valence-corrected chi connectivity index (χ2v) is 6.93. The summed E-state index contributed by atoms with van der Waals surface area (Å²) in [6, 6.07) is 4.24. The average Bonchev–Trinajstić information content (AvgIpc) is 2.84. The molecule has 4 nitrogen and oxygen atoms in total. The molecule has 0 saturated carbocycles. The number of nitrogens with one attached hydrogen (secondary N) is 2. The molecule has 1 heterocycles. The molecule has 0 radical (unpaired) electrons. The Bertz CT molecular complexity index is 688. The van der Waals surface area contributed by atoms with Gasteiger partial charge in [-0.3, -0.25) is 5.32 Å². The van der Waals surface area contributed by atoms with Crippen molar-refractivity contribution in [2.75, 3.05) is 10.6 Å². The molecule has 1 aliphatic carbocycles. The van der Waals surface area contributed by atoms with Crippen LogP contribution >= 0.6 is 11.3 Å². The first kappa shape index (κ1) is 15.9. The molecule has 1 aliphatic rings. The van der Waals surface area contributed by atoms with Gasteiger partial charge in [0.05, 0.1) is 5.69 Å². The summed E-state index contributed by atoms with van der Waals surface area (Å²) >= 11 is 1.55. The summed E-state index contributed by atoms with van der Waals surface area (Å²) in [4.78, 5) is 17.9. The van der Waals surface area contributed by atoms with E-state index in [0.717, 1.165) is 25.0 Å². The van der Waals surface area contributed by atoms with Crippen LogP contribution in [0.25, 0.3) is 0 Å². The van der Waals surface area contributed by atoms with Crippen molar-refractivity contribution in [3.05, 3.63) is 40.2 Å². The first-order valence-corrected chi connectivity index (χ1v) is 8.76. The third-order valence-corrected chi connectivity index (χ3v) is 5.07. The minimum Gasteiger partial charge on any atom is -0.308 e. The van der Waals surface area contributed by atoms with E-state index >= 15 is 0 Å². The van der Waals surface area contributed by atoms with Gasteiger partial charge in [-0.25, -0.2) is 14.2 Å². The van der Waals surface area contributed by atoms with Crippen LogP contribution < -0.4 is 10.6 Å². The van der Waals surface area contributed by atoms with E-state index in [1.54, 1.807) is 30.4 Å². The molecule has 0 spiro atoms. The van der Waals surface area contributed by atoms with Crippen LogP contribution in [0, 0.1) is 12.7 Å². The number of aryl methyl sites for hydroxylation is 3. The highest BCUT2D eigenvalue weighted by atomic mass is 32.1. The average molecular weight is 333 g/mol. The fourth-order valence-electron chi connectivity index (χ4n) is 2.69. The van der Waals surface area contributed by atoms with Crippen LogP contribution in [0.3, 0.4) is 0 Å². The fourth-order valence-corrected chi connectivity index (χ4v) is 3.73. The number of halogens is 1. The molecule has 23 heavy (non-hydrogen) atoms. The molecule has 3 rings (SSSR count). The standard InChI is InChI=1S/C17H20FN3OS/c1-11-8-9-12(10-13(11)18)19-16(22)21-17-20-14-6-4-2-3-5-7-15(14)23-17/h8-10H,2-7H2,1H3,(H2,19,20,21,22). The lowest BCUT2D eigenvalue weighted by atomic mass is 10.0. The highest BCUT2D eigenvalue weighted by Gasteiger charge is 2.15. The molecule has 2 amide bonds. The van der Waals surface area contributed by atoms with Gasteiger partial charge in [-0.1, -0.05) is 18.9 Å². The quantitative estimate of drug-likeness (QED) is 0.822. The van der Waals surface area contributed by atoms with Crippen LogP contribution in [-0.4, -0.2) is 11.0 Å². The van der Waals surface area contributed by atoms with Gasteiger partial charge in [0.15, 0.2) is 5.13 Å². The SMILES string of the molecule is Cc1ccc(NC(=O)Nc2nc3c(s2)CCCCCC3)cc1F. The zero-order chi connectivity index (χ0) is 16.2. The molecule has 2 N–H and O–H groups in total. The van der Waals surface area contributed by atoms with Gasteiger partial charge in [0.25, 0.3) is 0 Å². The second kappa shape index (κ2) is 7.08. The first-order valence-electron chi connectivity index (χ1n) is 7.94. The van der Waals surface area contributed by atoms with Crippen molar-refractivity contribution < 1.29 is 9.18 Å². The molecule has 0 unspecified atom stereocenters. The fraction of sp³-hybridized carbons (Fsp3) is 0.412. The molecule has 122 valence electrons. The van der Waals surface area contributed by atoms with Gasteiger partial charge >= 0.3 is 6.03 Å². The highest BCUT2D eigenvalue weighted by molar-refractivity contribution is 7.15. The van der Waals surface area contributed by atoms with E-state index in [4.69, 9.17) is 0 Å². The van der Waals surface area contributed by atoms with Crippen LogP contribution in [-0.2, 0) is 12.8 Å². The summed E-state index contributed by atoms with van der Waals surface area (Å²) in [6.45, 7) is 1.68. The number of hydrogen-bond donors (Lipinski definition) is 2. The van der Waals surface area contributed by atoms with Gasteiger partial charge in [0, 0.05) is 10.6 Å². The molecule has 1 aromatic carbocycles. The van der Waals surface area contributed by atoms with Crippen molar-refractivity contribution in [1.82, 2.24) is 4.98 Å². The maximum atomic E-state index is 13.5. The summed E-state index contributed by atoms with van der Waals surface area (Å²) in [5.74, 6) is -0.333. The molecule has 0 bridgehead atoms. The van der Waals surface area contributed by atoms with Crippen LogP contribution in [0.15, 0.2) is 18.2 Å². The Hall–Kier alpha value is -1.95. The van der Waals surface area contributed by atoms with E-state index in [0.29, 0.717) is 16.4 Å². The Labute approximate surface area is 139 Å². The number of fused-ring (bicyclic) bond motifs is 1. The van der Waals surface area contributed by atoms with E-state index in [1.807, 2.05) is 0 Å². The third-order valence-electron chi connectivity index (χ3n) is 4.00. The van der Waals surface area contributed by atoms with Gasteiger partial charge in [-0.05, 0) is 50.3 Å². The number of nitrogens with zero attached hydrogens (tertiary/aromatic N) is 1. The Morgan fingerprint density at radius 3 is 2.74 bits per heavy atom. The Morgan fingerprint density at radius 1 is 1.17 bits per heavy atom. The first-order chi connectivity index (χ1) is 11.1. The van der Waals surface area contributed by atoms with Crippen molar-refractivity contribution in [1.29, 1.82) is 0 Å². The summed E-state index contributed by atoms with van der Waals surface area (Å²) in [5, 5.41) is 6.01. The Kier molecular flexibility index (Phi) is 4.91. The van der Waals surface area contributed by atoms with Crippen molar-refractivity contribution >= 4 is 28.2 Å². The number of amides is 2. The smallest absolute Gasteiger partial charge is 0.308 e. The van der Waals surface area contributed by atoms with Gasteiger partial charge in [0.2, 0.25) is 0 Å². The predicted octanol–water partition coefficient (Wildman–Crippen LogP) is 4.89. The Balaban J connectivity index is 1.65. The largest absolute Gasteiger partial charge is 0.325 e. The summed E-state index contributed by atoms with van der Waals surface area (Å²) in [7, 11) is 0. The van der Waals surface area contributed by atoms with Gasteiger partial charge in [-0.15, -0.1) is 11.3 Å². The lowest BCUT2D eigenvalue weighted by molar-refractivity contribution is 0.262. The predicted molar refractivity (Wildman–Crippen MR) is 91.8 cm³/mol. The lowest BCUT2D eigenvalue weighted by Gasteiger charge is -2.06. The summed E-state index contributed by atoms with van der Waals surface area (Å²) in [5.41, 5.74) is 2.10. The third kappa shape index (κ3) is 4.07. The lowest BCUT2D eigenvalue weighted by Crippen LogP contribution is -2.19. The van der Waals surface area contributed by atoms with E-state index < -0.39 is 6.03 Å². The number of carbonyl (C=O) groups is 1. The number of anilines is 2. The number of rotatable bonds is 2. The zero-order valence-corrected chi connectivity index (χ0v) is 13.9. The topological polar surface area (TPSA) is 54.0 Å². The minimum absolute atomic E-state index is 0.333. The Morgan fingerprint density at radius 2 is 1.96 bits per heavy atom. The number of aromatic nitrogens is 1. The summed E-state index contributed by atoms with van der Waals surface area (Å²) < 4.78 is 13.5. The number of hydrogen-bond acceptors (Lipinski definition) is 3. The molecule has 0 fully saturated rings. The molecule has 1 aromatic heterocycles. The van der Waals surface area contributed by atoms with Gasteiger partial charge in [0.1, 0.15) is 5.82 Å². The molecular formula is C17H20FN3OS. The monoisotopic (exact) mass is 333 g/mol. The number of benzene rings is 1. The number of thiazole rings is 1. The van der Waals surface area contributed by atoms with E-state index in [9.17, 15) is 9.18 Å². The number of carbonyl (C=O) groups excluding carboxylic acids is 1. The number of urea groups is 1. The van der Waals surface area contributed by atoms with Crippen LogP contribution in [0.5, 0.6) is 0 Å². The molecule has 6 heteroatoms. The van der Waals surface area contributed by atoms with Crippen LogP contribution in [0.4, 0.5) is 20.0 Å². The van der Waals surface area contributed by atoms with Crippen molar-refractivity contribution in [3.63, 3.8) is 0 Å². The summed E-state index contributed by atoms with van der Waals surface area (Å²) in [6.07, 6.45) is 6.88. The van der Waals surface area contributed by atoms with E-state index in [-0.39, 0.29) is 5.82 Å². The van der Waals surface area contributed by atoms with Crippen molar-refractivity contribution in [2.24, 2.45) is 0 Å². The molecule has 2 aromatic rings. The van der Waals surface area contributed by atoms with Crippen molar-refractivity contribution in [3.8, 4) is 0 Å². The van der Waals surface area contributed by atoms with Crippen LogP contribution in [0.2, 0.25) is 0 Å². The van der Waals surface area contributed by atoms with E-state index in [1.165, 1.54) is 30.2 Å². The normalized spacial score (nSPS) is 14.5. The second-order valence-electron chi connectivity index (χ2n) is 5.85. The zero-order valence-electron chi connectivity index (χ0n) is 13.1. The van der Waals surface area contributed by atoms with Gasteiger partial charge < -0.3 is 5.32 Å². The molecule has 0 saturated heterocycles. The molecular weight excluding hydrogens is 313 g/mol. The van der Waals surface area contributed by atoms with Crippen molar-refractivity contribution in [2.45, 2.75) is 45.4 Å². The maximum absolute atomic E-state index is 13.5. The molecule has 0 atom stereocenters. The van der Waals surface area contributed by atoms with E-state index in [2.05, 4.69) is 15.6 Å². The molecule has 0 aliphatic heterocycles. The highest BCUT2D eigenvalue weighted by Crippen LogP contribution is 2.28. The van der Waals surface area contributed by atoms with Gasteiger partial charge in [-0.2, -0.15) is 0 Å². The minimum atomic E-state index is -0.394. The maximum Gasteiger partial charge on any atom is 0.325 e.